The molecule has 0 aromatic carbocycles. The molecule has 13 nitrogen and oxygen atoms in total. The van der Waals surface area contributed by atoms with E-state index in [1.807, 2.05) is 0 Å². The topological polar surface area (TPSA) is 200 Å². The number of nitrogen functional groups attached to an aromatic ring is 1. The number of rotatable bonds is 11. The van der Waals surface area contributed by atoms with Gasteiger partial charge in [-0.2, -0.15) is 10.1 Å². The fraction of sp³-hybridized carbons (Fsp3) is 0.625. The minimum Gasteiger partial charge on any atom is -0.397 e. The van der Waals surface area contributed by atoms with Crippen LogP contribution in [0.25, 0.3) is 11.2 Å². The molecule has 0 bridgehead atoms. The predicted molar refractivity (Wildman–Crippen MR) is 106 cm³/mol. The summed E-state index contributed by atoms with van der Waals surface area (Å²) in [5.41, 5.74) is 14.8. The second-order valence-electron chi connectivity index (χ2n) is 6.87. The van der Waals surface area contributed by atoms with E-state index in [1.54, 1.807) is 6.07 Å². The lowest BCUT2D eigenvalue weighted by molar-refractivity contribution is -0.0529. The van der Waals surface area contributed by atoms with Crippen molar-refractivity contribution in [1.82, 2.24) is 20.0 Å². The largest absolute Gasteiger partial charge is 0.488 e. The summed E-state index contributed by atoms with van der Waals surface area (Å²) < 4.78 is 28.6. The lowest BCUT2D eigenvalue weighted by atomic mass is 10.1. The number of phosphoric ester groups is 1. The van der Waals surface area contributed by atoms with Crippen LogP contribution in [0.4, 0.5) is 5.69 Å². The molecule has 14 heteroatoms. The first-order chi connectivity index (χ1) is 14.3. The Morgan fingerprint density at radius 3 is 2.83 bits per heavy atom. The third-order valence-corrected chi connectivity index (χ3v) is 5.50. The van der Waals surface area contributed by atoms with E-state index in [9.17, 15) is 19.7 Å². The number of phosphoric acid groups is 1. The van der Waals surface area contributed by atoms with E-state index in [0.717, 1.165) is 12.8 Å². The number of anilines is 1. The maximum Gasteiger partial charge on any atom is 0.488 e. The molecule has 0 amide bonds. The number of hydroxylamine groups is 1. The monoisotopic (exact) mass is 446 g/mol. The number of hydrogen-bond donors (Lipinski definition) is 6. The van der Waals surface area contributed by atoms with Gasteiger partial charge in [0.2, 0.25) is 0 Å². The van der Waals surface area contributed by atoms with E-state index in [2.05, 4.69) is 20.1 Å². The van der Waals surface area contributed by atoms with Crippen LogP contribution >= 0.6 is 7.82 Å². The molecule has 0 radical (unpaired) electrons. The first kappa shape index (κ1) is 23.0. The van der Waals surface area contributed by atoms with E-state index in [4.69, 9.17) is 20.7 Å². The van der Waals surface area contributed by atoms with Gasteiger partial charge in [0.15, 0.2) is 11.9 Å². The van der Waals surface area contributed by atoms with Crippen molar-refractivity contribution in [3.05, 3.63) is 18.6 Å². The van der Waals surface area contributed by atoms with E-state index in [0.29, 0.717) is 36.4 Å². The van der Waals surface area contributed by atoms with Gasteiger partial charge in [-0.05, 0) is 25.5 Å². The van der Waals surface area contributed by atoms with E-state index in [-0.39, 0.29) is 0 Å². The van der Waals surface area contributed by atoms with Crippen molar-refractivity contribution in [3.8, 4) is 0 Å². The third-order valence-electron chi connectivity index (χ3n) is 4.67. The lowest BCUT2D eigenvalue weighted by Gasteiger charge is -2.17. The zero-order chi connectivity index (χ0) is 21.7. The number of aliphatic hydroxyl groups is 2. The fourth-order valence-corrected chi connectivity index (χ4v) is 3.72. The summed E-state index contributed by atoms with van der Waals surface area (Å²) in [4.78, 5) is 18.1. The Kier molecular flexibility index (Phi) is 7.74. The smallest absolute Gasteiger partial charge is 0.397 e. The van der Waals surface area contributed by atoms with Gasteiger partial charge in [0.25, 0.3) is 0 Å². The first-order valence-electron chi connectivity index (χ1n) is 9.51. The molecule has 1 aliphatic rings. The quantitative estimate of drug-likeness (QED) is 0.146. The Balaban J connectivity index is 1.55. The Morgan fingerprint density at radius 1 is 1.27 bits per heavy atom. The number of imidazole rings is 1. The molecule has 2 aromatic rings. The second kappa shape index (κ2) is 10.1. The van der Waals surface area contributed by atoms with Crippen LogP contribution < -0.4 is 16.9 Å². The van der Waals surface area contributed by atoms with Crippen LogP contribution in [-0.4, -0.2) is 67.6 Å². The highest BCUT2D eigenvalue weighted by Crippen LogP contribution is 2.43. The molecule has 1 saturated heterocycles. The van der Waals surface area contributed by atoms with Crippen LogP contribution in [0.2, 0.25) is 0 Å². The summed E-state index contributed by atoms with van der Waals surface area (Å²) in [5, 5.41) is 20.7. The SMILES string of the molecule is NCCCCCNOP(=O)(O)OCC1OC(n2cnc3c(N)ccnc32)C(O)C1O. The van der Waals surface area contributed by atoms with Gasteiger partial charge in [0, 0.05) is 12.7 Å². The average Bonchev–Trinajstić information content (AvgIpc) is 3.26. The molecule has 1 fully saturated rings. The number of ether oxygens (including phenoxy) is 1. The summed E-state index contributed by atoms with van der Waals surface area (Å²) >= 11 is 0. The second-order valence-corrected chi connectivity index (χ2v) is 8.25. The summed E-state index contributed by atoms with van der Waals surface area (Å²) in [6, 6.07) is 1.59. The van der Waals surface area contributed by atoms with Crippen molar-refractivity contribution >= 4 is 24.7 Å². The summed E-state index contributed by atoms with van der Waals surface area (Å²) in [6.07, 6.45) is 0.440. The Labute approximate surface area is 172 Å². The highest BCUT2D eigenvalue weighted by Gasteiger charge is 2.45. The summed E-state index contributed by atoms with van der Waals surface area (Å²) in [6.45, 7) is 0.442. The first-order valence-corrected chi connectivity index (χ1v) is 11.0. The Morgan fingerprint density at radius 2 is 2.07 bits per heavy atom. The van der Waals surface area contributed by atoms with Crippen molar-refractivity contribution in [2.24, 2.45) is 5.73 Å². The van der Waals surface area contributed by atoms with Crippen molar-refractivity contribution in [2.45, 2.75) is 43.8 Å². The van der Waals surface area contributed by atoms with Crippen LogP contribution in [0.5, 0.6) is 0 Å². The van der Waals surface area contributed by atoms with Gasteiger partial charge >= 0.3 is 7.82 Å². The van der Waals surface area contributed by atoms with E-state index < -0.39 is 39.0 Å². The average molecular weight is 446 g/mol. The van der Waals surface area contributed by atoms with Crippen molar-refractivity contribution < 1.29 is 33.6 Å². The predicted octanol–water partition coefficient (Wildman–Crippen LogP) is -0.600. The molecule has 8 N–H and O–H groups in total. The number of unbranched alkanes of at least 4 members (excludes halogenated alkanes) is 2. The molecule has 5 atom stereocenters. The number of aliphatic hydroxyl groups excluding tert-OH is 2. The van der Waals surface area contributed by atoms with E-state index >= 15 is 0 Å². The Bertz CT molecular complexity index is 883. The molecule has 1 aliphatic heterocycles. The van der Waals surface area contributed by atoms with E-state index in [1.165, 1.54) is 17.1 Å². The van der Waals surface area contributed by atoms with Crippen LogP contribution in [-0.2, 0) is 18.5 Å². The van der Waals surface area contributed by atoms with Gasteiger partial charge in [-0.3, -0.25) is 9.09 Å². The van der Waals surface area contributed by atoms with Gasteiger partial charge in [-0.15, -0.1) is 0 Å². The van der Waals surface area contributed by atoms with Crippen molar-refractivity contribution in [3.63, 3.8) is 0 Å². The maximum atomic E-state index is 12.0. The minimum atomic E-state index is -4.43. The third kappa shape index (κ3) is 5.32. The van der Waals surface area contributed by atoms with Gasteiger partial charge in [-0.25, -0.2) is 14.5 Å². The summed E-state index contributed by atoms with van der Waals surface area (Å²) in [7, 11) is -4.43. The zero-order valence-electron chi connectivity index (χ0n) is 16.2. The maximum absolute atomic E-state index is 12.0. The number of hydrogen-bond acceptors (Lipinski definition) is 11. The van der Waals surface area contributed by atoms with Crippen LogP contribution in [0.3, 0.4) is 0 Å². The Hall–Kier alpha value is -1.67. The molecule has 5 unspecified atom stereocenters. The highest BCUT2D eigenvalue weighted by molar-refractivity contribution is 7.47. The van der Waals surface area contributed by atoms with Crippen LogP contribution in [0, 0.1) is 0 Å². The van der Waals surface area contributed by atoms with Crippen LogP contribution in [0.15, 0.2) is 18.6 Å². The van der Waals surface area contributed by atoms with Gasteiger partial charge in [0.1, 0.15) is 23.8 Å². The molecule has 3 heterocycles. The molecule has 3 rings (SSSR count). The molecule has 2 aromatic heterocycles. The summed E-state index contributed by atoms with van der Waals surface area (Å²) in [5.74, 6) is 0. The number of nitrogens with zero attached hydrogens (tertiary/aromatic N) is 3. The van der Waals surface area contributed by atoms with Gasteiger partial charge < -0.3 is 31.3 Å². The molecule has 0 aliphatic carbocycles. The molecule has 168 valence electrons. The lowest BCUT2D eigenvalue weighted by Crippen LogP contribution is -2.33. The highest BCUT2D eigenvalue weighted by atomic mass is 31.2. The number of aromatic nitrogens is 3. The minimum absolute atomic E-state index is 0.348. The number of pyridine rings is 1. The molecule has 0 spiro atoms. The fourth-order valence-electron chi connectivity index (χ4n) is 3.08. The van der Waals surface area contributed by atoms with Gasteiger partial charge in [0.05, 0.1) is 18.6 Å². The zero-order valence-corrected chi connectivity index (χ0v) is 17.1. The van der Waals surface area contributed by atoms with Gasteiger partial charge in [-0.1, -0.05) is 6.42 Å². The number of nitrogens with two attached hydrogens (primary N) is 2. The van der Waals surface area contributed by atoms with Crippen molar-refractivity contribution in [1.29, 1.82) is 0 Å². The molecular formula is C16H27N6O7P. The molecule has 30 heavy (non-hydrogen) atoms. The number of fused-ring (bicyclic) bond motifs is 1. The standard InChI is InChI=1S/C16H27N6O7P/c17-5-2-1-3-6-21-29-30(25,26)27-8-11-13(23)14(24)16(28-11)22-9-20-12-10(18)4-7-19-15(12)22/h4,7,9,11,13-14,16,21,23-24H,1-3,5-6,8,17H2,(H2,18,19)(H,25,26). The molecule has 0 saturated carbocycles. The van der Waals surface area contributed by atoms with Crippen molar-refractivity contribution in [2.75, 3.05) is 25.4 Å². The number of nitrogens with one attached hydrogen (secondary N) is 1. The normalized spacial score (nSPS) is 26.3. The van der Waals surface area contributed by atoms with Crippen LogP contribution in [0.1, 0.15) is 25.5 Å². The molecular weight excluding hydrogens is 419 g/mol.